The number of benzene rings is 1. The van der Waals surface area contributed by atoms with Gasteiger partial charge in [-0.1, -0.05) is 22.9 Å². The van der Waals surface area contributed by atoms with Gasteiger partial charge in [-0.3, -0.25) is 0 Å². The largest absolute Gasteiger partial charge is 0.235 e. The SMILES string of the molecule is Fc1ccc(Cl)cc1-c1nnc2sc(-c3csc(Br)n3)nn12. The Hall–Kier alpha value is -1.42. The minimum Gasteiger partial charge on any atom is -0.226 e. The highest BCUT2D eigenvalue weighted by molar-refractivity contribution is 9.11. The van der Waals surface area contributed by atoms with Gasteiger partial charge >= 0.3 is 0 Å². The van der Waals surface area contributed by atoms with Crippen LogP contribution in [0, 0.1) is 5.82 Å². The van der Waals surface area contributed by atoms with Crippen molar-refractivity contribution < 1.29 is 4.39 Å². The molecule has 0 radical (unpaired) electrons. The van der Waals surface area contributed by atoms with E-state index in [0.29, 0.717) is 20.8 Å². The summed E-state index contributed by atoms with van der Waals surface area (Å²) in [5, 5.41) is 15.5. The third-order valence-electron chi connectivity index (χ3n) is 2.86. The van der Waals surface area contributed by atoms with Crippen LogP contribution in [-0.4, -0.2) is 24.8 Å². The van der Waals surface area contributed by atoms with Gasteiger partial charge in [0.15, 0.2) is 14.7 Å². The lowest BCUT2D eigenvalue weighted by atomic mass is 10.2. The zero-order valence-corrected chi connectivity index (χ0v) is 14.5. The van der Waals surface area contributed by atoms with Gasteiger partial charge in [0.05, 0.1) is 5.56 Å². The average Bonchev–Trinajstić information content (AvgIpc) is 3.16. The second-order valence-corrected chi connectivity index (χ2v) is 7.76. The molecule has 10 heteroatoms. The summed E-state index contributed by atoms with van der Waals surface area (Å²) in [6.45, 7) is 0. The van der Waals surface area contributed by atoms with Gasteiger partial charge < -0.3 is 0 Å². The maximum absolute atomic E-state index is 14.0. The highest BCUT2D eigenvalue weighted by Gasteiger charge is 2.18. The van der Waals surface area contributed by atoms with Gasteiger partial charge in [0.2, 0.25) is 4.96 Å². The molecule has 0 unspecified atom stereocenters. The van der Waals surface area contributed by atoms with Crippen LogP contribution in [0.3, 0.4) is 0 Å². The number of fused-ring (bicyclic) bond motifs is 1. The molecule has 0 saturated carbocycles. The predicted molar refractivity (Wildman–Crippen MR) is 87.9 cm³/mol. The molecule has 0 bridgehead atoms. The Labute approximate surface area is 144 Å². The highest BCUT2D eigenvalue weighted by Crippen LogP contribution is 2.31. The van der Waals surface area contributed by atoms with Gasteiger partial charge in [0.1, 0.15) is 11.5 Å². The standard InChI is InChI=1S/C12H4BrClFN5S2/c13-11-16-8(4-21-11)10-19-20-9(17-18-12(20)22-10)6-3-5(14)1-2-7(6)15/h1-4H. The van der Waals surface area contributed by atoms with Crippen LogP contribution in [0.2, 0.25) is 5.02 Å². The van der Waals surface area contributed by atoms with Crippen molar-refractivity contribution >= 4 is 55.2 Å². The van der Waals surface area contributed by atoms with E-state index in [9.17, 15) is 4.39 Å². The molecule has 3 heterocycles. The van der Waals surface area contributed by atoms with Crippen molar-refractivity contribution in [3.05, 3.63) is 38.3 Å². The van der Waals surface area contributed by atoms with Crippen LogP contribution < -0.4 is 0 Å². The molecule has 5 nitrogen and oxygen atoms in total. The lowest BCUT2D eigenvalue weighted by Gasteiger charge is -1.99. The Morgan fingerprint density at radius 1 is 1.27 bits per heavy atom. The van der Waals surface area contributed by atoms with Crippen LogP contribution >= 0.6 is 50.2 Å². The minimum absolute atomic E-state index is 0.260. The normalized spacial score (nSPS) is 11.4. The van der Waals surface area contributed by atoms with Gasteiger partial charge in [-0.2, -0.15) is 9.61 Å². The molecule has 4 aromatic rings. The van der Waals surface area contributed by atoms with E-state index in [1.54, 1.807) is 0 Å². The van der Waals surface area contributed by atoms with E-state index >= 15 is 0 Å². The first-order valence-electron chi connectivity index (χ1n) is 5.91. The molecule has 110 valence electrons. The van der Waals surface area contributed by atoms with E-state index < -0.39 is 5.82 Å². The minimum atomic E-state index is -0.426. The molecule has 0 aliphatic rings. The zero-order chi connectivity index (χ0) is 15.3. The highest BCUT2D eigenvalue weighted by atomic mass is 79.9. The average molecular weight is 417 g/mol. The molecule has 0 fully saturated rings. The van der Waals surface area contributed by atoms with Crippen molar-refractivity contribution in [2.24, 2.45) is 0 Å². The molecule has 0 N–H and O–H groups in total. The molecule has 4 rings (SSSR count). The maximum atomic E-state index is 14.0. The van der Waals surface area contributed by atoms with Crippen molar-refractivity contribution in [2.45, 2.75) is 0 Å². The van der Waals surface area contributed by atoms with Gasteiger partial charge in [-0.25, -0.2) is 9.37 Å². The zero-order valence-electron chi connectivity index (χ0n) is 10.5. The Balaban J connectivity index is 1.89. The maximum Gasteiger partial charge on any atom is 0.235 e. The molecule has 0 spiro atoms. The number of hydrogen-bond donors (Lipinski definition) is 0. The van der Waals surface area contributed by atoms with Crippen LogP contribution in [0.5, 0.6) is 0 Å². The van der Waals surface area contributed by atoms with Crippen molar-refractivity contribution in [1.29, 1.82) is 0 Å². The Morgan fingerprint density at radius 2 is 2.14 bits per heavy atom. The molecular formula is C12H4BrClFN5S2. The molecule has 1 aromatic carbocycles. The molecule has 0 saturated heterocycles. The summed E-state index contributed by atoms with van der Waals surface area (Å²) in [7, 11) is 0. The van der Waals surface area contributed by atoms with Gasteiger partial charge in [-0.05, 0) is 34.1 Å². The van der Waals surface area contributed by atoms with E-state index in [4.69, 9.17) is 11.6 Å². The summed E-state index contributed by atoms with van der Waals surface area (Å²) < 4.78 is 16.3. The number of rotatable bonds is 2. The number of nitrogens with zero attached hydrogens (tertiary/aromatic N) is 5. The second kappa shape index (κ2) is 5.34. The van der Waals surface area contributed by atoms with Crippen molar-refractivity contribution in [3.63, 3.8) is 0 Å². The Kier molecular flexibility index (Phi) is 3.44. The summed E-state index contributed by atoms with van der Waals surface area (Å²) in [6.07, 6.45) is 0. The smallest absolute Gasteiger partial charge is 0.226 e. The van der Waals surface area contributed by atoms with Crippen LogP contribution in [0.4, 0.5) is 4.39 Å². The van der Waals surface area contributed by atoms with Crippen LogP contribution in [0.25, 0.3) is 27.1 Å². The first kappa shape index (κ1) is 14.2. The molecular weight excluding hydrogens is 413 g/mol. The quantitative estimate of drug-likeness (QED) is 0.482. The topological polar surface area (TPSA) is 56.0 Å². The first-order chi connectivity index (χ1) is 10.6. The molecule has 22 heavy (non-hydrogen) atoms. The van der Waals surface area contributed by atoms with E-state index in [1.165, 1.54) is 45.4 Å². The van der Waals surface area contributed by atoms with E-state index in [1.807, 2.05) is 5.38 Å². The molecule has 3 aromatic heterocycles. The van der Waals surface area contributed by atoms with Gasteiger partial charge in [0, 0.05) is 10.4 Å². The van der Waals surface area contributed by atoms with E-state index in [-0.39, 0.29) is 5.56 Å². The monoisotopic (exact) mass is 415 g/mol. The second-order valence-electron chi connectivity index (χ2n) is 4.24. The number of halogens is 3. The van der Waals surface area contributed by atoms with E-state index in [2.05, 4.69) is 36.2 Å². The van der Waals surface area contributed by atoms with E-state index in [0.717, 1.165) is 9.61 Å². The lowest BCUT2D eigenvalue weighted by Crippen LogP contribution is -1.93. The Bertz CT molecular complexity index is 995. The summed E-state index contributed by atoms with van der Waals surface area (Å²) >= 11 is 12.1. The third kappa shape index (κ3) is 2.34. The van der Waals surface area contributed by atoms with Crippen molar-refractivity contribution in [2.75, 3.05) is 0 Å². The number of thiazole rings is 1. The Morgan fingerprint density at radius 3 is 2.91 bits per heavy atom. The summed E-state index contributed by atoms with van der Waals surface area (Å²) in [4.78, 5) is 4.88. The molecule has 0 aliphatic carbocycles. The number of aromatic nitrogens is 5. The van der Waals surface area contributed by atoms with Crippen LogP contribution in [0.1, 0.15) is 0 Å². The molecule has 0 aliphatic heterocycles. The van der Waals surface area contributed by atoms with Crippen molar-refractivity contribution in [1.82, 2.24) is 24.8 Å². The fourth-order valence-electron chi connectivity index (χ4n) is 1.91. The van der Waals surface area contributed by atoms with Crippen molar-refractivity contribution in [3.8, 4) is 22.1 Å². The predicted octanol–water partition coefficient (Wildman–Crippen LogP) is 4.53. The number of hydrogen-bond acceptors (Lipinski definition) is 6. The summed E-state index contributed by atoms with van der Waals surface area (Å²) in [5.74, 6) is -0.114. The first-order valence-corrected chi connectivity index (χ1v) is 8.77. The molecule has 0 amide bonds. The van der Waals surface area contributed by atoms with Gasteiger partial charge in [-0.15, -0.1) is 21.5 Å². The lowest BCUT2D eigenvalue weighted by molar-refractivity contribution is 0.629. The fraction of sp³-hybridized carbons (Fsp3) is 0. The summed E-state index contributed by atoms with van der Waals surface area (Å²) in [5.41, 5.74) is 1.00. The third-order valence-corrected chi connectivity index (χ3v) is 5.38. The molecule has 0 atom stereocenters. The fourth-order valence-corrected chi connectivity index (χ4v) is 3.95. The summed E-state index contributed by atoms with van der Waals surface area (Å²) in [6, 6.07) is 4.28. The van der Waals surface area contributed by atoms with Gasteiger partial charge in [0.25, 0.3) is 0 Å². The van der Waals surface area contributed by atoms with Crippen LogP contribution in [0.15, 0.2) is 27.5 Å². The van der Waals surface area contributed by atoms with Crippen LogP contribution in [-0.2, 0) is 0 Å².